The van der Waals surface area contributed by atoms with Gasteiger partial charge in [-0.15, -0.1) is 0 Å². The number of likely N-dealkylation sites (tertiary alicyclic amines) is 1. The number of hydrogen-bond donors (Lipinski definition) is 3. The maximum absolute atomic E-state index is 13.8. The van der Waals surface area contributed by atoms with Gasteiger partial charge in [-0.1, -0.05) is 26.0 Å². The molecule has 11 nitrogen and oxygen atoms in total. The SMILES string of the molecule is COc1cccc(NC(=O)N2CCC3(CCOc4cc(C(C)C)ccc4S(=O)(=O)N4C[C@H](O)C[C@H]4C(=O)N3)CC2)c1. The summed E-state index contributed by atoms with van der Waals surface area (Å²) in [5, 5.41) is 16.5. The van der Waals surface area contributed by atoms with Crippen LogP contribution in [0.1, 0.15) is 51.0 Å². The topological polar surface area (TPSA) is 138 Å². The first kappa shape index (κ1) is 29.2. The Morgan fingerprint density at radius 2 is 1.93 bits per heavy atom. The molecule has 0 radical (unpaired) electrons. The van der Waals surface area contributed by atoms with Crippen LogP contribution in [-0.2, 0) is 14.8 Å². The number of aliphatic hydroxyl groups excluding tert-OH is 1. The number of anilines is 1. The molecule has 41 heavy (non-hydrogen) atoms. The van der Waals surface area contributed by atoms with E-state index in [1.165, 1.54) is 6.07 Å². The largest absolute Gasteiger partial charge is 0.497 e. The van der Waals surface area contributed by atoms with Crippen molar-refractivity contribution in [3.63, 3.8) is 0 Å². The summed E-state index contributed by atoms with van der Waals surface area (Å²) in [7, 11) is -2.56. The van der Waals surface area contributed by atoms with Crippen molar-refractivity contribution in [3.05, 3.63) is 48.0 Å². The van der Waals surface area contributed by atoms with Crippen LogP contribution >= 0.6 is 0 Å². The van der Waals surface area contributed by atoms with Crippen LogP contribution in [-0.4, -0.2) is 85.7 Å². The maximum Gasteiger partial charge on any atom is 0.321 e. The highest BCUT2D eigenvalue weighted by Gasteiger charge is 2.47. The lowest BCUT2D eigenvalue weighted by Gasteiger charge is -2.43. The number of carbonyl (C=O) groups is 2. The van der Waals surface area contributed by atoms with E-state index in [4.69, 9.17) is 9.47 Å². The Labute approximate surface area is 240 Å². The number of piperidine rings is 1. The number of sulfonamides is 1. The van der Waals surface area contributed by atoms with Gasteiger partial charge in [0.1, 0.15) is 22.4 Å². The molecule has 0 saturated carbocycles. The third-order valence-corrected chi connectivity index (χ3v) is 10.2. The summed E-state index contributed by atoms with van der Waals surface area (Å²) in [5.41, 5.74) is 0.852. The van der Waals surface area contributed by atoms with Gasteiger partial charge in [-0.25, -0.2) is 13.2 Å². The third-order valence-electron chi connectivity index (χ3n) is 8.31. The second kappa shape index (κ2) is 11.5. The first-order valence-electron chi connectivity index (χ1n) is 14.0. The molecule has 12 heteroatoms. The number of benzene rings is 2. The molecular weight excluding hydrogens is 548 g/mol. The number of urea groups is 1. The smallest absolute Gasteiger partial charge is 0.321 e. The normalized spacial score (nSPS) is 24.0. The summed E-state index contributed by atoms with van der Waals surface area (Å²) in [6.45, 7) is 4.83. The van der Waals surface area contributed by atoms with Crippen LogP contribution in [0.5, 0.6) is 11.5 Å². The quantitative estimate of drug-likeness (QED) is 0.503. The Morgan fingerprint density at radius 1 is 1.17 bits per heavy atom. The van der Waals surface area contributed by atoms with Crippen molar-refractivity contribution in [2.24, 2.45) is 0 Å². The third kappa shape index (κ3) is 6.00. The van der Waals surface area contributed by atoms with Crippen molar-refractivity contribution >= 4 is 27.6 Å². The monoisotopic (exact) mass is 586 g/mol. The van der Waals surface area contributed by atoms with Gasteiger partial charge < -0.3 is 30.1 Å². The molecular formula is C29H38N4O7S. The van der Waals surface area contributed by atoms with Crippen molar-refractivity contribution in [2.75, 3.05) is 38.7 Å². The number of methoxy groups -OCH3 is 1. The first-order chi connectivity index (χ1) is 19.5. The molecule has 2 atom stereocenters. The molecule has 0 aromatic heterocycles. The molecule has 2 aromatic carbocycles. The molecule has 3 amide bonds. The van der Waals surface area contributed by atoms with Gasteiger partial charge in [0.25, 0.3) is 0 Å². The number of nitrogens with one attached hydrogen (secondary N) is 2. The van der Waals surface area contributed by atoms with Crippen LogP contribution in [0.15, 0.2) is 47.4 Å². The summed E-state index contributed by atoms with van der Waals surface area (Å²) in [5.74, 6) is 0.599. The van der Waals surface area contributed by atoms with E-state index in [-0.39, 0.29) is 42.2 Å². The highest BCUT2D eigenvalue weighted by Crippen LogP contribution is 2.36. The van der Waals surface area contributed by atoms with Gasteiger partial charge in [0.2, 0.25) is 15.9 Å². The van der Waals surface area contributed by atoms with Gasteiger partial charge >= 0.3 is 6.03 Å². The fourth-order valence-corrected chi connectivity index (χ4v) is 7.55. The number of carbonyl (C=O) groups excluding carboxylic acids is 2. The summed E-state index contributed by atoms with van der Waals surface area (Å²) in [6, 6.07) is 10.9. The number of rotatable bonds is 3. The highest BCUT2D eigenvalue weighted by atomic mass is 32.2. The average molecular weight is 587 g/mol. The fraction of sp³-hybridized carbons (Fsp3) is 0.517. The van der Waals surface area contributed by atoms with E-state index >= 15 is 0 Å². The second-order valence-electron chi connectivity index (χ2n) is 11.4. The molecule has 2 aromatic rings. The van der Waals surface area contributed by atoms with E-state index in [2.05, 4.69) is 10.6 Å². The van der Waals surface area contributed by atoms with Crippen LogP contribution in [0.2, 0.25) is 0 Å². The van der Waals surface area contributed by atoms with E-state index in [0.29, 0.717) is 43.8 Å². The lowest BCUT2D eigenvalue weighted by atomic mass is 9.84. The van der Waals surface area contributed by atoms with Crippen LogP contribution in [0.25, 0.3) is 0 Å². The Morgan fingerprint density at radius 3 is 2.63 bits per heavy atom. The zero-order valence-corrected chi connectivity index (χ0v) is 24.4. The summed E-state index contributed by atoms with van der Waals surface area (Å²) >= 11 is 0. The van der Waals surface area contributed by atoms with Gasteiger partial charge in [0.15, 0.2) is 0 Å². The van der Waals surface area contributed by atoms with Crippen molar-refractivity contribution in [3.8, 4) is 11.5 Å². The number of ether oxygens (including phenoxy) is 2. The Hall–Kier alpha value is -3.35. The van der Waals surface area contributed by atoms with Crippen LogP contribution in [0, 0.1) is 0 Å². The minimum absolute atomic E-state index is 0.00576. The van der Waals surface area contributed by atoms with Gasteiger partial charge in [0, 0.05) is 49.8 Å². The molecule has 3 aliphatic rings. The number of aliphatic hydroxyl groups is 1. The average Bonchev–Trinajstić information content (AvgIpc) is 3.35. The van der Waals surface area contributed by atoms with Gasteiger partial charge in [-0.2, -0.15) is 4.31 Å². The number of nitrogens with zero attached hydrogens (tertiary/aromatic N) is 2. The Kier molecular flexibility index (Phi) is 8.18. The van der Waals surface area contributed by atoms with Crippen LogP contribution < -0.4 is 20.1 Å². The minimum Gasteiger partial charge on any atom is -0.497 e. The standard InChI is InChI=1S/C29H38N4O7S/c1-19(2)20-7-8-26-25(15-20)40-14-11-29(31-27(35)24-17-22(34)18-33(24)41(26,37)38)9-12-32(13-10-29)28(36)30-21-5-4-6-23(16-21)39-3/h4-8,15-16,19,22,24,34H,9-14,17-18H2,1-3H3,(H,30,36)(H,31,35)/t22-,24+/m1/s1. The number of hydrogen-bond acceptors (Lipinski definition) is 7. The van der Waals surface area contributed by atoms with Crippen LogP contribution in [0.3, 0.4) is 0 Å². The molecule has 1 spiro atoms. The summed E-state index contributed by atoms with van der Waals surface area (Å²) in [6.07, 6.45) is 0.422. The number of amides is 3. The molecule has 5 rings (SSSR count). The van der Waals surface area contributed by atoms with E-state index in [1.54, 1.807) is 48.4 Å². The van der Waals surface area contributed by atoms with Gasteiger partial charge in [-0.05, 0) is 48.6 Å². The predicted octanol–water partition coefficient (Wildman–Crippen LogP) is 2.91. The van der Waals surface area contributed by atoms with Crippen molar-refractivity contribution in [1.82, 2.24) is 14.5 Å². The van der Waals surface area contributed by atoms with Crippen molar-refractivity contribution < 1.29 is 32.6 Å². The molecule has 0 bridgehead atoms. The minimum atomic E-state index is -4.12. The molecule has 3 heterocycles. The van der Waals surface area contributed by atoms with E-state index in [9.17, 15) is 23.1 Å². The maximum atomic E-state index is 13.8. The molecule has 3 N–H and O–H groups in total. The highest BCUT2D eigenvalue weighted by molar-refractivity contribution is 7.89. The van der Waals surface area contributed by atoms with Crippen molar-refractivity contribution in [1.29, 1.82) is 0 Å². The summed E-state index contributed by atoms with van der Waals surface area (Å²) < 4.78 is 40.0. The molecule has 0 aliphatic carbocycles. The lowest BCUT2D eigenvalue weighted by molar-refractivity contribution is -0.127. The van der Waals surface area contributed by atoms with E-state index in [1.807, 2.05) is 13.8 Å². The Balaban J connectivity index is 1.38. The molecule has 2 fully saturated rings. The van der Waals surface area contributed by atoms with E-state index < -0.39 is 33.6 Å². The predicted molar refractivity (Wildman–Crippen MR) is 153 cm³/mol. The molecule has 3 aliphatic heterocycles. The molecule has 2 saturated heterocycles. The fourth-order valence-electron chi connectivity index (χ4n) is 5.80. The van der Waals surface area contributed by atoms with E-state index in [0.717, 1.165) is 9.87 Å². The van der Waals surface area contributed by atoms with Crippen LogP contribution in [0.4, 0.5) is 10.5 Å². The Bertz CT molecular complexity index is 1410. The molecule has 0 unspecified atom stereocenters. The zero-order chi connectivity index (χ0) is 29.4. The van der Waals surface area contributed by atoms with Gasteiger partial charge in [0.05, 0.1) is 19.8 Å². The number of fused-ring (bicyclic) bond motifs is 2. The first-order valence-corrected chi connectivity index (χ1v) is 15.4. The zero-order valence-electron chi connectivity index (χ0n) is 23.6. The molecule has 222 valence electrons. The summed E-state index contributed by atoms with van der Waals surface area (Å²) in [4.78, 5) is 28.3. The van der Waals surface area contributed by atoms with Crippen molar-refractivity contribution in [2.45, 2.75) is 68.0 Å². The lowest BCUT2D eigenvalue weighted by Crippen LogP contribution is -2.60. The van der Waals surface area contributed by atoms with Gasteiger partial charge in [-0.3, -0.25) is 4.79 Å². The second-order valence-corrected chi connectivity index (χ2v) is 13.2.